The molecule has 0 aliphatic rings. The van der Waals surface area contributed by atoms with E-state index in [-0.39, 0.29) is 11.7 Å². The molecule has 0 saturated heterocycles. The second kappa shape index (κ2) is 5.96. The van der Waals surface area contributed by atoms with Gasteiger partial charge in [0.2, 0.25) is 0 Å². The van der Waals surface area contributed by atoms with Gasteiger partial charge in [-0.1, -0.05) is 31.5 Å². The van der Waals surface area contributed by atoms with E-state index in [1.54, 1.807) is 18.2 Å². The SMILES string of the molecule is CCC(Cc1ccccc1F)CC(C)(N)C(=O)O. The van der Waals surface area contributed by atoms with Crippen LogP contribution >= 0.6 is 0 Å². The Labute approximate surface area is 107 Å². The van der Waals surface area contributed by atoms with Crippen LogP contribution in [-0.2, 0) is 11.2 Å². The number of benzene rings is 1. The molecule has 18 heavy (non-hydrogen) atoms. The normalized spacial score (nSPS) is 16.0. The second-order valence-corrected chi connectivity index (χ2v) is 5.00. The Morgan fingerprint density at radius 3 is 2.61 bits per heavy atom. The first-order valence-electron chi connectivity index (χ1n) is 6.12. The van der Waals surface area contributed by atoms with Gasteiger partial charge in [0.1, 0.15) is 11.4 Å². The Morgan fingerprint density at radius 2 is 2.11 bits per heavy atom. The lowest BCUT2D eigenvalue weighted by Crippen LogP contribution is -2.46. The van der Waals surface area contributed by atoms with Crippen LogP contribution in [0.1, 0.15) is 32.3 Å². The van der Waals surface area contributed by atoms with Crippen molar-refractivity contribution < 1.29 is 14.3 Å². The van der Waals surface area contributed by atoms with E-state index in [4.69, 9.17) is 10.8 Å². The monoisotopic (exact) mass is 253 g/mol. The van der Waals surface area contributed by atoms with E-state index < -0.39 is 11.5 Å². The molecule has 0 radical (unpaired) electrons. The summed E-state index contributed by atoms with van der Waals surface area (Å²) in [4.78, 5) is 11.0. The number of aliphatic carboxylic acids is 1. The number of halogens is 1. The molecule has 1 aromatic carbocycles. The molecule has 1 aromatic rings. The van der Waals surface area contributed by atoms with Gasteiger partial charge < -0.3 is 10.8 Å². The standard InChI is InChI=1S/C14H20FNO2/c1-3-10(9-14(2,16)13(17)18)8-11-6-4-5-7-12(11)15/h4-7,10H,3,8-9,16H2,1-2H3,(H,17,18). The lowest BCUT2D eigenvalue weighted by molar-refractivity contribution is -0.143. The van der Waals surface area contributed by atoms with Crippen molar-refractivity contribution in [2.24, 2.45) is 11.7 Å². The van der Waals surface area contributed by atoms with Gasteiger partial charge in [0.25, 0.3) is 0 Å². The highest BCUT2D eigenvalue weighted by Gasteiger charge is 2.31. The van der Waals surface area contributed by atoms with Crippen molar-refractivity contribution >= 4 is 5.97 Å². The van der Waals surface area contributed by atoms with Gasteiger partial charge in [-0.25, -0.2) is 4.39 Å². The van der Waals surface area contributed by atoms with Crippen LogP contribution < -0.4 is 5.73 Å². The Bertz CT molecular complexity index is 418. The molecule has 0 aromatic heterocycles. The zero-order valence-electron chi connectivity index (χ0n) is 10.8. The Balaban J connectivity index is 2.75. The summed E-state index contributed by atoms with van der Waals surface area (Å²) in [5.41, 5.74) is 5.09. The largest absolute Gasteiger partial charge is 0.480 e. The van der Waals surface area contributed by atoms with Gasteiger partial charge in [0.05, 0.1) is 0 Å². The van der Waals surface area contributed by atoms with E-state index >= 15 is 0 Å². The van der Waals surface area contributed by atoms with Crippen molar-refractivity contribution in [1.29, 1.82) is 0 Å². The minimum Gasteiger partial charge on any atom is -0.480 e. The lowest BCUT2D eigenvalue weighted by atomic mass is 9.84. The predicted molar refractivity (Wildman–Crippen MR) is 68.7 cm³/mol. The van der Waals surface area contributed by atoms with Crippen molar-refractivity contribution in [3.05, 3.63) is 35.6 Å². The van der Waals surface area contributed by atoms with Crippen molar-refractivity contribution in [2.45, 2.75) is 38.6 Å². The summed E-state index contributed by atoms with van der Waals surface area (Å²) < 4.78 is 13.5. The molecule has 3 nitrogen and oxygen atoms in total. The third-order valence-corrected chi connectivity index (χ3v) is 3.25. The summed E-state index contributed by atoms with van der Waals surface area (Å²) in [5, 5.41) is 9.01. The highest BCUT2D eigenvalue weighted by atomic mass is 19.1. The van der Waals surface area contributed by atoms with Crippen molar-refractivity contribution in [2.75, 3.05) is 0 Å². The smallest absolute Gasteiger partial charge is 0.323 e. The molecule has 0 aliphatic heterocycles. The number of carboxylic acid groups (broad SMARTS) is 1. The van der Waals surface area contributed by atoms with E-state index in [1.807, 2.05) is 6.92 Å². The van der Waals surface area contributed by atoms with E-state index in [1.165, 1.54) is 13.0 Å². The van der Waals surface area contributed by atoms with Crippen LogP contribution in [-0.4, -0.2) is 16.6 Å². The summed E-state index contributed by atoms with van der Waals surface area (Å²) in [5.74, 6) is -1.20. The molecule has 0 amide bonds. The minimum atomic E-state index is -1.26. The average molecular weight is 253 g/mol. The number of carbonyl (C=O) groups is 1. The van der Waals surface area contributed by atoms with E-state index in [0.717, 1.165) is 6.42 Å². The zero-order valence-corrected chi connectivity index (χ0v) is 10.8. The fourth-order valence-electron chi connectivity index (χ4n) is 2.02. The van der Waals surface area contributed by atoms with E-state index in [2.05, 4.69) is 0 Å². The molecule has 100 valence electrons. The summed E-state index contributed by atoms with van der Waals surface area (Å²) in [6.45, 7) is 3.46. The first-order valence-corrected chi connectivity index (χ1v) is 6.12. The molecule has 0 fully saturated rings. The van der Waals surface area contributed by atoms with Crippen LogP contribution in [0.15, 0.2) is 24.3 Å². The maximum Gasteiger partial charge on any atom is 0.323 e. The zero-order chi connectivity index (χ0) is 13.8. The van der Waals surface area contributed by atoms with Crippen LogP contribution in [0.3, 0.4) is 0 Å². The van der Waals surface area contributed by atoms with Crippen LogP contribution in [0.25, 0.3) is 0 Å². The fourth-order valence-corrected chi connectivity index (χ4v) is 2.02. The summed E-state index contributed by atoms with van der Waals surface area (Å²) in [7, 11) is 0. The van der Waals surface area contributed by atoms with Crippen LogP contribution in [0.2, 0.25) is 0 Å². The molecule has 1 rings (SSSR count). The molecule has 0 saturated carbocycles. The topological polar surface area (TPSA) is 63.3 Å². The quantitative estimate of drug-likeness (QED) is 0.819. The second-order valence-electron chi connectivity index (χ2n) is 5.00. The van der Waals surface area contributed by atoms with Crippen LogP contribution in [0.5, 0.6) is 0 Å². The van der Waals surface area contributed by atoms with Crippen molar-refractivity contribution in [3.8, 4) is 0 Å². The summed E-state index contributed by atoms with van der Waals surface area (Å²) >= 11 is 0. The van der Waals surface area contributed by atoms with Crippen LogP contribution in [0, 0.1) is 11.7 Å². The number of carboxylic acids is 1. The third kappa shape index (κ3) is 3.81. The van der Waals surface area contributed by atoms with Crippen molar-refractivity contribution in [3.63, 3.8) is 0 Å². The van der Waals surface area contributed by atoms with E-state index in [9.17, 15) is 9.18 Å². The van der Waals surface area contributed by atoms with Gasteiger partial charge in [0.15, 0.2) is 0 Å². The Kier molecular flexibility index (Phi) is 4.84. The summed E-state index contributed by atoms with van der Waals surface area (Å²) in [6.07, 6.45) is 1.63. The predicted octanol–water partition coefficient (Wildman–Crippen LogP) is 2.59. The maximum atomic E-state index is 13.5. The molecular weight excluding hydrogens is 233 g/mol. The highest BCUT2D eigenvalue weighted by molar-refractivity contribution is 5.77. The number of hydrogen-bond donors (Lipinski definition) is 2. The van der Waals surface area contributed by atoms with Crippen molar-refractivity contribution in [1.82, 2.24) is 0 Å². The molecule has 0 heterocycles. The van der Waals surface area contributed by atoms with Gasteiger partial charge in [0, 0.05) is 0 Å². The Morgan fingerprint density at radius 1 is 1.50 bits per heavy atom. The van der Waals surface area contributed by atoms with Gasteiger partial charge in [-0.05, 0) is 37.3 Å². The molecule has 4 heteroatoms. The first-order chi connectivity index (χ1) is 8.36. The molecule has 0 spiro atoms. The number of rotatable bonds is 6. The molecule has 3 N–H and O–H groups in total. The minimum absolute atomic E-state index is 0.0630. The lowest BCUT2D eigenvalue weighted by Gasteiger charge is -2.25. The Hall–Kier alpha value is -1.42. The van der Waals surface area contributed by atoms with Gasteiger partial charge >= 0.3 is 5.97 Å². The van der Waals surface area contributed by atoms with E-state index in [0.29, 0.717) is 18.4 Å². The molecule has 2 atom stereocenters. The number of hydrogen-bond acceptors (Lipinski definition) is 2. The van der Waals surface area contributed by atoms with Gasteiger partial charge in [-0.15, -0.1) is 0 Å². The van der Waals surface area contributed by atoms with Crippen LogP contribution in [0.4, 0.5) is 4.39 Å². The fraction of sp³-hybridized carbons (Fsp3) is 0.500. The average Bonchev–Trinajstić information content (AvgIpc) is 2.30. The first kappa shape index (κ1) is 14.6. The highest BCUT2D eigenvalue weighted by Crippen LogP contribution is 2.23. The third-order valence-electron chi connectivity index (χ3n) is 3.25. The molecular formula is C14H20FNO2. The maximum absolute atomic E-state index is 13.5. The van der Waals surface area contributed by atoms with Gasteiger partial charge in [-0.2, -0.15) is 0 Å². The molecule has 0 bridgehead atoms. The molecule has 0 aliphatic carbocycles. The number of nitrogens with two attached hydrogens (primary N) is 1. The molecule has 2 unspecified atom stereocenters. The van der Waals surface area contributed by atoms with Gasteiger partial charge in [-0.3, -0.25) is 4.79 Å². The summed E-state index contributed by atoms with van der Waals surface area (Å²) in [6, 6.07) is 6.57.